The highest BCUT2D eigenvalue weighted by Gasteiger charge is 2.34. The molecule has 6 nitrogen and oxygen atoms in total. The molecule has 1 aromatic carbocycles. The number of aliphatic hydroxyl groups excluding tert-OH is 1. The number of likely N-dealkylation sites (N-methyl/N-ethyl adjacent to an activating group) is 1. The number of halogens is 1. The van der Waals surface area contributed by atoms with E-state index in [0.29, 0.717) is 6.61 Å². The van der Waals surface area contributed by atoms with Crippen LogP contribution < -0.4 is 10.6 Å². The van der Waals surface area contributed by atoms with Crippen molar-refractivity contribution in [3.05, 3.63) is 35.9 Å². The molecule has 148 valence electrons. The van der Waals surface area contributed by atoms with E-state index in [-0.39, 0.29) is 42.0 Å². The fourth-order valence-corrected chi connectivity index (χ4v) is 3.27. The van der Waals surface area contributed by atoms with Crippen molar-refractivity contribution in [2.75, 3.05) is 54.1 Å². The van der Waals surface area contributed by atoms with E-state index in [1.807, 2.05) is 6.07 Å². The van der Waals surface area contributed by atoms with Gasteiger partial charge in [-0.3, -0.25) is 4.99 Å². The molecule has 7 heteroatoms. The Hall–Kier alpha value is -0.900. The third-order valence-corrected chi connectivity index (χ3v) is 4.95. The maximum atomic E-state index is 9.34. The van der Waals surface area contributed by atoms with Crippen LogP contribution >= 0.6 is 24.0 Å². The lowest BCUT2D eigenvalue weighted by atomic mass is 9.84. The van der Waals surface area contributed by atoms with Gasteiger partial charge in [-0.05, 0) is 32.5 Å². The average Bonchev–Trinajstić information content (AvgIpc) is 3.07. The molecule has 0 spiro atoms. The van der Waals surface area contributed by atoms with E-state index >= 15 is 0 Å². The molecule has 1 aliphatic rings. The number of aliphatic hydroxyl groups is 1. The van der Waals surface area contributed by atoms with Crippen molar-refractivity contribution in [1.29, 1.82) is 0 Å². The zero-order chi connectivity index (χ0) is 18.1. The summed E-state index contributed by atoms with van der Waals surface area (Å²) in [6.45, 7) is 3.17. The maximum Gasteiger partial charge on any atom is 0.191 e. The van der Waals surface area contributed by atoms with E-state index in [0.717, 1.165) is 38.5 Å². The monoisotopic (exact) mass is 476 g/mol. The zero-order valence-corrected chi connectivity index (χ0v) is 18.4. The van der Waals surface area contributed by atoms with Gasteiger partial charge in [0, 0.05) is 38.8 Å². The van der Waals surface area contributed by atoms with Crippen LogP contribution in [0.25, 0.3) is 0 Å². The Morgan fingerprint density at radius 1 is 1.31 bits per heavy atom. The first-order valence-corrected chi connectivity index (χ1v) is 8.95. The quantitative estimate of drug-likeness (QED) is 0.304. The number of benzene rings is 1. The van der Waals surface area contributed by atoms with Gasteiger partial charge in [0.1, 0.15) is 0 Å². The summed E-state index contributed by atoms with van der Waals surface area (Å²) in [5, 5.41) is 16.2. The van der Waals surface area contributed by atoms with E-state index in [9.17, 15) is 5.11 Å². The Kier molecular flexibility index (Phi) is 10.4. The number of guanidine groups is 1. The van der Waals surface area contributed by atoms with Gasteiger partial charge in [0.25, 0.3) is 0 Å². The van der Waals surface area contributed by atoms with Gasteiger partial charge in [0.15, 0.2) is 5.96 Å². The Balaban J connectivity index is 0.00000338. The molecule has 2 atom stereocenters. The molecule has 1 heterocycles. The second-order valence-corrected chi connectivity index (χ2v) is 6.97. The molecule has 0 bridgehead atoms. The van der Waals surface area contributed by atoms with Crippen molar-refractivity contribution in [2.45, 2.75) is 18.9 Å². The topological polar surface area (TPSA) is 69.1 Å². The highest BCUT2D eigenvalue weighted by Crippen LogP contribution is 2.31. The van der Waals surface area contributed by atoms with Gasteiger partial charge in [-0.2, -0.15) is 0 Å². The molecule has 2 unspecified atom stereocenters. The highest BCUT2D eigenvalue weighted by molar-refractivity contribution is 14.0. The predicted octanol–water partition coefficient (Wildman–Crippen LogP) is 1.86. The van der Waals surface area contributed by atoms with Gasteiger partial charge < -0.3 is 25.4 Å². The lowest BCUT2D eigenvalue weighted by molar-refractivity contribution is 0.127. The molecule has 0 aromatic heterocycles. The molecular weight excluding hydrogens is 443 g/mol. The van der Waals surface area contributed by atoms with Crippen LogP contribution in [0.4, 0.5) is 0 Å². The molecule has 0 aliphatic carbocycles. The van der Waals surface area contributed by atoms with Gasteiger partial charge in [0.05, 0.1) is 12.6 Å². The van der Waals surface area contributed by atoms with Crippen molar-refractivity contribution in [1.82, 2.24) is 15.5 Å². The van der Waals surface area contributed by atoms with Gasteiger partial charge >= 0.3 is 0 Å². The number of aliphatic imine (C=N–C) groups is 1. The number of ether oxygens (including phenoxy) is 1. The van der Waals surface area contributed by atoms with Crippen LogP contribution in [0.15, 0.2) is 35.3 Å². The minimum Gasteiger partial charge on any atom is -0.396 e. The highest BCUT2D eigenvalue weighted by atomic mass is 127. The fraction of sp³-hybridized carbons (Fsp3) is 0.632. The van der Waals surface area contributed by atoms with E-state index in [1.54, 1.807) is 7.05 Å². The van der Waals surface area contributed by atoms with Crippen molar-refractivity contribution in [3.63, 3.8) is 0 Å². The lowest BCUT2D eigenvalue weighted by Crippen LogP contribution is -2.46. The number of nitrogens with one attached hydrogen (secondary N) is 2. The molecule has 3 N–H and O–H groups in total. The van der Waals surface area contributed by atoms with Crippen LogP contribution in [-0.4, -0.2) is 70.0 Å². The number of rotatable bonds is 8. The van der Waals surface area contributed by atoms with Crippen molar-refractivity contribution < 1.29 is 9.84 Å². The number of hydrogen-bond acceptors (Lipinski definition) is 4. The summed E-state index contributed by atoms with van der Waals surface area (Å²) in [6.07, 6.45) is 1.73. The molecule has 26 heavy (non-hydrogen) atoms. The van der Waals surface area contributed by atoms with Gasteiger partial charge in [-0.1, -0.05) is 30.3 Å². The van der Waals surface area contributed by atoms with Crippen molar-refractivity contribution >= 4 is 29.9 Å². The second-order valence-electron chi connectivity index (χ2n) is 6.97. The van der Waals surface area contributed by atoms with E-state index in [4.69, 9.17) is 4.74 Å². The summed E-state index contributed by atoms with van der Waals surface area (Å²) in [5.74, 6) is 0.784. The SMILES string of the molecule is CN=C(NCC(c1ccccc1)N(C)C)NCC1(CCO)CCOC1.I. The fourth-order valence-electron chi connectivity index (χ4n) is 3.27. The molecular formula is C19H33IN4O2. The van der Waals surface area contributed by atoms with Gasteiger partial charge in [0.2, 0.25) is 0 Å². The molecule has 0 radical (unpaired) electrons. The van der Waals surface area contributed by atoms with Crippen molar-refractivity contribution in [2.24, 2.45) is 10.4 Å². The Morgan fingerprint density at radius 2 is 2.04 bits per heavy atom. The first kappa shape index (κ1) is 23.1. The Labute approximate surface area is 174 Å². The van der Waals surface area contributed by atoms with Crippen LogP contribution in [0.1, 0.15) is 24.4 Å². The van der Waals surface area contributed by atoms with Gasteiger partial charge in [-0.15, -0.1) is 24.0 Å². The first-order chi connectivity index (χ1) is 12.1. The standard InChI is InChI=1S/C19H32N4O2.HI/c1-20-18(22-14-19(9-11-24)10-12-25-15-19)21-13-17(23(2)3)16-7-5-4-6-8-16;/h4-8,17,24H,9-15H2,1-3H3,(H2,20,21,22);1H. The molecule has 0 saturated carbocycles. The summed E-state index contributed by atoms with van der Waals surface area (Å²) in [4.78, 5) is 6.54. The first-order valence-electron chi connectivity index (χ1n) is 8.95. The summed E-state index contributed by atoms with van der Waals surface area (Å²) in [6, 6.07) is 10.7. The van der Waals surface area contributed by atoms with Crippen LogP contribution in [0.5, 0.6) is 0 Å². The van der Waals surface area contributed by atoms with Crippen LogP contribution in [-0.2, 0) is 4.74 Å². The zero-order valence-electron chi connectivity index (χ0n) is 16.1. The minimum absolute atomic E-state index is 0. The molecule has 1 saturated heterocycles. The molecule has 1 aliphatic heterocycles. The summed E-state index contributed by atoms with van der Waals surface area (Å²) in [7, 11) is 5.95. The molecule has 1 aromatic rings. The minimum atomic E-state index is 0. The van der Waals surface area contributed by atoms with E-state index in [1.165, 1.54) is 5.56 Å². The molecule has 2 rings (SSSR count). The molecule has 1 fully saturated rings. The maximum absolute atomic E-state index is 9.34. The second kappa shape index (κ2) is 11.7. The number of hydrogen-bond donors (Lipinski definition) is 3. The Bertz CT molecular complexity index is 534. The number of nitrogens with zero attached hydrogens (tertiary/aromatic N) is 2. The third-order valence-electron chi connectivity index (χ3n) is 4.95. The Morgan fingerprint density at radius 3 is 2.58 bits per heavy atom. The van der Waals surface area contributed by atoms with Crippen molar-refractivity contribution in [3.8, 4) is 0 Å². The predicted molar refractivity (Wildman–Crippen MR) is 117 cm³/mol. The largest absolute Gasteiger partial charge is 0.396 e. The van der Waals surface area contributed by atoms with Gasteiger partial charge in [-0.25, -0.2) is 0 Å². The lowest BCUT2D eigenvalue weighted by Gasteiger charge is -2.29. The summed E-state index contributed by atoms with van der Waals surface area (Å²) in [5.41, 5.74) is 1.28. The third kappa shape index (κ3) is 6.68. The van der Waals surface area contributed by atoms with Crippen LogP contribution in [0.3, 0.4) is 0 Å². The average molecular weight is 476 g/mol. The van der Waals surface area contributed by atoms with E-state index < -0.39 is 0 Å². The van der Waals surface area contributed by atoms with Crippen LogP contribution in [0.2, 0.25) is 0 Å². The summed E-state index contributed by atoms with van der Waals surface area (Å²) >= 11 is 0. The van der Waals surface area contributed by atoms with Crippen LogP contribution in [0, 0.1) is 5.41 Å². The summed E-state index contributed by atoms with van der Waals surface area (Å²) < 4.78 is 5.55. The normalized spacial score (nSPS) is 21.3. The molecule has 0 amide bonds. The van der Waals surface area contributed by atoms with E-state index in [2.05, 4.69) is 58.9 Å². The smallest absolute Gasteiger partial charge is 0.191 e.